The molecule has 0 atom stereocenters. The Hall–Kier alpha value is -1.66. The molecule has 2 N–H and O–H groups in total. The van der Waals surface area contributed by atoms with Gasteiger partial charge in [0.25, 0.3) is 0 Å². The third-order valence-electron chi connectivity index (χ3n) is 1.69. The first-order chi connectivity index (χ1) is 6.31. The van der Waals surface area contributed by atoms with Crippen LogP contribution in [0.15, 0.2) is 18.2 Å². The molecule has 2 aromatic rings. The zero-order valence-corrected chi connectivity index (χ0v) is 6.93. The van der Waals surface area contributed by atoms with Crippen molar-refractivity contribution in [3.8, 4) is 0 Å². The van der Waals surface area contributed by atoms with Crippen molar-refractivity contribution in [2.45, 2.75) is 0 Å². The van der Waals surface area contributed by atoms with E-state index < -0.39 is 0 Å². The lowest BCUT2D eigenvalue weighted by molar-refractivity contribution is -0.0109. The van der Waals surface area contributed by atoms with Crippen LogP contribution in [0.5, 0.6) is 0 Å². The van der Waals surface area contributed by atoms with Crippen LogP contribution < -0.4 is 5.23 Å². The molecular formula is C7H8N4O2. The number of aromatic nitrogens is 3. The first-order valence-corrected chi connectivity index (χ1v) is 3.65. The minimum atomic E-state index is 0.504. The monoisotopic (exact) mass is 180 g/mol. The molecule has 0 aliphatic carbocycles. The number of benzene rings is 1. The largest absolute Gasteiger partial charge is 0.264 e. The molecule has 68 valence electrons. The van der Waals surface area contributed by atoms with Crippen LogP contribution in [0.3, 0.4) is 0 Å². The predicted molar refractivity (Wildman–Crippen MR) is 45.2 cm³/mol. The number of anilines is 1. The molecule has 0 aliphatic heterocycles. The molecule has 13 heavy (non-hydrogen) atoms. The predicted octanol–water partition coefficient (Wildman–Crippen LogP) is 0.715. The fraction of sp³-hybridized carbons (Fsp3) is 0.143. The summed E-state index contributed by atoms with van der Waals surface area (Å²) >= 11 is 0. The Morgan fingerprint density at radius 3 is 2.92 bits per heavy atom. The smallest absolute Gasteiger partial charge is 0.115 e. The minimum absolute atomic E-state index is 0.504. The third-order valence-corrected chi connectivity index (χ3v) is 1.69. The maximum absolute atomic E-state index is 9.18. The van der Waals surface area contributed by atoms with E-state index in [2.05, 4.69) is 20.2 Å². The molecule has 0 spiro atoms. The van der Waals surface area contributed by atoms with Crippen LogP contribution in [0.25, 0.3) is 11.0 Å². The van der Waals surface area contributed by atoms with E-state index in [1.807, 2.05) is 0 Å². The molecule has 1 aromatic carbocycles. The second-order valence-corrected chi connectivity index (χ2v) is 2.45. The molecule has 1 heterocycles. The van der Waals surface area contributed by atoms with Crippen LogP contribution in [0, 0.1) is 0 Å². The Morgan fingerprint density at radius 1 is 1.38 bits per heavy atom. The van der Waals surface area contributed by atoms with Crippen molar-refractivity contribution in [2.75, 3.05) is 12.3 Å². The molecule has 0 saturated heterocycles. The Bertz CT molecular complexity index is 414. The molecule has 0 bridgehead atoms. The molecule has 2 rings (SSSR count). The summed E-state index contributed by atoms with van der Waals surface area (Å²) in [6.45, 7) is 0. The Morgan fingerprint density at radius 2 is 2.15 bits per heavy atom. The molecule has 0 unspecified atom stereocenters. The van der Waals surface area contributed by atoms with E-state index in [0.717, 1.165) is 5.52 Å². The first-order valence-electron chi connectivity index (χ1n) is 3.65. The second kappa shape index (κ2) is 3.00. The summed E-state index contributed by atoms with van der Waals surface area (Å²) in [6.07, 6.45) is 0. The van der Waals surface area contributed by atoms with Gasteiger partial charge in [0.05, 0.1) is 12.8 Å². The number of rotatable bonds is 2. The van der Waals surface area contributed by atoms with Crippen LogP contribution in [0.2, 0.25) is 0 Å². The average Bonchev–Trinajstić information content (AvgIpc) is 2.63. The summed E-state index contributed by atoms with van der Waals surface area (Å²) < 4.78 is 0. The van der Waals surface area contributed by atoms with Gasteiger partial charge in [0.2, 0.25) is 0 Å². The maximum Gasteiger partial charge on any atom is 0.115 e. The van der Waals surface area contributed by atoms with Gasteiger partial charge < -0.3 is 0 Å². The van der Waals surface area contributed by atoms with Gasteiger partial charge in [0, 0.05) is 0 Å². The number of aromatic amines is 1. The minimum Gasteiger partial charge on any atom is -0.264 e. The van der Waals surface area contributed by atoms with Gasteiger partial charge >= 0.3 is 0 Å². The molecule has 0 radical (unpaired) electrons. The molecule has 0 saturated carbocycles. The molecule has 0 fully saturated rings. The van der Waals surface area contributed by atoms with Crippen LogP contribution in [-0.2, 0) is 4.84 Å². The number of hydrogen-bond donors (Lipinski definition) is 2. The highest BCUT2D eigenvalue weighted by molar-refractivity contribution is 5.77. The van der Waals surface area contributed by atoms with E-state index in [9.17, 15) is 5.21 Å². The number of nitrogens with zero attached hydrogens (tertiary/aromatic N) is 3. The second-order valence-electron chi connectivity index (χ2n) is 2.45. The van der Waals surface area contributed by atoms with Gasteiger partial charge in [0.15, 0.2) is 0 Å². The molecule has 0 amide bonds. The van der Waals surface area contributed by atoms with E-state index >= 15 is 0 Å². The van der Waals surface area contributed by atoms with Crippen LogP contribution in [-0.4, -0.2) is 27.7 Å². The van der Waals surface area contributed by atoms with Crippen molar-refractivity contribution in [3.05, 3.63) is 18.2 Å². The van der Waals surface area contributed by atoms with E-state index in [1.165, 1.54) is 7.11 Å². The molecular weight excluding hydrogens is 172 g/mol. The summed E-state index contributed by atoms with van der Waals surface area (Å²) in [5, 5.41) is 20.1. The lowest BCUT2D eigenvalue weighted by Gasteiger charge is -2.11. The van der Waals surface area contributed by atoms with Gasteiger partial charge in [-0.1, -0.05) is 0 Å². The fourth-order valence-corrected chi connectivity index (χ4v) is 1.05. The standard InChI is InChI=1S/C7H8N4O2/c1-13-11(12)5-2-3-6-7(4-5)9-10-8-6/h2-4,12H,1H3,(H,8,9,10). The number of H-pyrrole nitrogens is 1. The van der Waals surface area contributed by atoms with E-state index in [0.29, 0.717) is 16.4 Å². The SMILES string of the molecule is CON(O)c1ccc2n[nH]nc2c1. The maximum atomic E-state index is 9.18. The molecule has 1 aromatic heterocycles. The van der Waals surface area contributed by atoms with Gasteiger partial charge in [-0.05, 0) is 18.2 Å². The van der Waals surface area contributed by atoms with Gasteiger partial charge in [-0.2, -0.15) is 15.4 Å². The number of nitrogens with one attached hydrogen (secondary N) is 1. The van der Waals surface area contributed by atoms with Gasteiger partial charge in [-0.3, -0.25) is 10.0 Å². The molecule has 6 nitrogen and oxygen atoms in total. The van der Waals surface area contributed by atoms with Crippen molar-refractivity contribution < 1.29 is 10.0 Å². The lowest BCUT2D eigenvalue weighted by Crippen LogP contribution is -2.15. The summed E-state index contributed by atoms with van der Waals surface area (Å²) in [5.74, 6) is 0. The highest BCUT2D eigenvalue weighted by Crippen LogP contribution is 2.17. The van der Waals surface area contributed by atoms with E-state index in [4.69, 9.17) is 0 Å². The molecule has 6 heteroatoms. The topological polar surface area (TPSA) is 74.3 Å². The van der Waals surface area contributed by atoms with Crippen molar-refractivity contribution >= 4 is 16.7 Å². The van der Waals surface area contributed by atoms with Crippen molar-refractivity contribution in [2.24, 2.45) is 0 Å². The first kappa shape index (κ1) is 7.96. The van der Waals surface area contributed by atoms with E-state index in [1.54, 1.807) is 18.2 Å². The third kappa shape index (κ3) is 1.32. The highest BCUT2D eigenvalue weighted by atomic mass is 16.9. The Balaban J connectivity index is 2.48. The van der Waals surface area contributed by atoms with Gasteiger partial charge in [-0.15, -0.1) is 5.23 Å². The zero-order chi connectivity index (χ0) is 9.26. The van der Waals surface area contributed by atoms with Gasteiger partial charge in [0.1, 0.15) is 11.0 Å². The fourth-order valence-electron chi connectivity index (χ4n) is 1.05. The average molecular weight is 180 g/mol. The molecule has 0 aliphatic rings. The van der Waals surface area contributed by atoms with Crippen molar-refractivity contribution in [1.29, 1.82) is 0 Å². The zero-order valence-electron chi connectivity index (χ0n) is 6.93. The van der Waals surface area contributed by atoms with Crippen LogP contribution in [0.4, 0.5) is 5.69 Å². The van der Waals surface area contributed by atoms with Crippen LogP contribution >= 0.6 is 0 Å². The van der Waals surface area contributed by atoms with Crippen LogP contribution in [0.1, 0.15) is 0 Å². The summed E-state index contributed by atoms with van der Waals surface area (Å²) in [5.41, 5.74) is 1.92. The number of fused-ring (bicyclic) bond motifs is 1. The highest BCUT2D eigenvalue weighted by Gasteiger charge is 2.04. The van der Waals surface area contributed by atoms with Gasteiger partial charge in [-0.25, -0.2) is 0 Å². The Kier molecular flexibility index (Phi) is 1.84. The lowest BCUT2D eigenvalue weighted by atomic mass is 10.3. The normalized spacial score (nSPS) is 10.6. The quantitative estimate of drug-likeness (QED) is 0.666. The van der Waals surface area contributed by atoms with E-state index in [-0.39, 0.29) is 0 Å². The van der Waals surface area contributed by atoms with Crippen molar-refractivity contribution in [3.63, 3.8) is 0 Å². The number of hydrogen-bond acceptors (Lipinski definition) is 5. The van der Waals surface area contributed by atoms with Crippen molar-refractivity contribution in [1.82, 2.24) is 15.4 Å². The summed E-state index contributed by atoms with van der Waals surface area (Å²) in [6, 6.07) is 5.06. The summed E-state index contributed by atoms with van der Waals surface area (Å²) in [4.78, 5) is 4.59. The Labute approximate surface area is 73.6 Å². The summed E-state index contributed by atoms with van der Waals surface area (Å²) in [7, 11) is 1.37.